The molecule has 1 fully saturated rings. The molecule has 0 unspecified atom stereocenters. The number of hydrogen-bond acceptors (Lipinski definition) is 2. The minimum absolute atomic E-state index is 0.0296. The third-order valence-electron chi connectivity index (χ3n) is 3.29. The average Bonchev–Trinajstić information content (AvgIpc) is 3.05. The Morgan fingerprint density at radius 2 is 1.95 bits per heavy atom. The van der Waals surface area contributed by atoms with Gasteiger partial charge in [0.2, 0.25) is 0 Å². The van der Waals surface area contributed by atoms with E-state index in [9.17, 15) is 22.4 Å². The fraction of sp³-hybridized carbons (Fsp3) is 0.417. The minimum Gasteiger partial charge on any atom is -0.398 e. The molecule has 1 amide bonds. The molecule has 0 aliphatic heterocycles. The summed E-state index contributed by atoms with van der Waals surface area (Å²) in [6.45, 7) is 1.42. The molecule has 0 bridgehead atoms. The van der Waals surface area contributed by atoms with Gasteiger partial charge in [0.25, 0.3) is 5.91 Å². The standard InChI is InChI=1S/C12H12F4N2O/c1-6-8(13)4-7(5-9(6)17)10(19)18-11(2-3-11)12(14,15)16/h4-5H,2-3,17H2,1H3,(H,18,19). The lowest BCUT2D eigenvalue weighted by Crippen LogP contribution is -2.47. The van der Waals surface area contributed by atoms with E-state index in [-0.39, 0.29) is 29.7 Å². The normalized spacial score (nSPS) is 17.1. The van der Waals surface area contributed by atoms with E-state index in [0.717, 1.165) is 6.07 Å². The van der Waals surface area contributed by atoms with Crippen LogP contribution in [0, 0.1) is 12.7 Å². The van der Waals surface area contributed by atoms with Crippen LogP contribution in [0.5, 0.6) is 0 Å². The Morgan fingerprint density at radius 1 is 1.37 bits per heavy atom. The van der Waals surface area contributed by atoms with Crippen molar-refractivity contribution in [3.8, 4) is 0 Å². The summed E-state index contributed by atoms with van der Waals surface area (Å²) in [6.07, 6.45) is -4.82. The number of benzene rings is 1. The van der Waals surface area contributed by atoms with Gasteiger partial charge in [-0.05, 0) is 31.9 Å². The van der Waals surface area contributed by atoms with E-state index < -0.39 is 23.4 Å². The maximum Gasteiger partial charge on any atom is 0.411 e. The number of alkyl halides is 3. The van der Waals surface area contributed by atoms with E-state index in [4.69, 9.17) is 5.73 Å². The van der Waals surface area contributed by atoms with Crippen molar-refractivity contribution in [3.63, 3.8) is 0 Å². The highest BCUT2D eigenvalue weighted by Crippen LogP contribution is 2.49. The highest BCUT2D eigenvalue weighted by Gasteiger charge is 2.64. The number of nitrogens with one attached hydrogen (secondary N) is 1. The number of anilines is 1. The van der Waals surface area contributed by atoms with Crippen LogP contribution in [0.4, 0.5) is 23.2 Å². The molecule has 0 aromatic heterocycles. The number of amides is 1. The molecule has 1 saturated carbocycles. The van der Waals surface area contributed by atoms with E-state index in [2.05, 4.69) is 0 Å². The van der Waals surface area contributed by atoms with Crippen molar-refractivity contribution in [2.45, 2.75) is 31.5 Å². The van der Waals surface area contributed by atoms with Crippen molar-refractivity contribution in [2.75, 3.05) is 5.73 Å². The quantitative estimate of drug-likeness (QED) is 0.644. The number of rotatable bonds is 2. The summed E-state index contributed by atoms with van der Waals surface area (Å²) < 4.78 is 51.4. The van der Waals surface area contributed by atoms with Crippen molar-refractivity contribution in [3.05, 3.63) is 29.1 Å². The zero-order chi connectivity index (χ0) is 14.4. The molecule has 7 heteroatoms. The van der Waals surface area contributed by atoms with Crippen molar-refractivity contribution < 1.29 is 22.4 Å². The number of nitrogens with two attached hydrogens (primary N) is 1. The number of hydrogen-bond donors (Lipinski definition) is 2. The van der Waals surface area contributed by atoms with Crippen LogP contribution in [-0.2, 0) is 0 Å². The third kappa shape index (κ3) is 2.36. The molecule has 0 atom stereocenters. The van der Waals surface area contributed by atoms with E-state index in [1.165, 1.54) is 13.0 Å². The Bertz CT molecular complexity index is 512. The van der Waals surface area contributed by atoms with Crippen LogP contribution in [0.2, 0.25) is 0 Å². The molecular formula is C12H12F4N2O. The van der Waals surface area contributed by atoms with Gasteiger partial charge >= 0.3 is 6.18 Å². The van der Waals surface area contributed by atoms with E-state index in [1.807, 2.05) is 5.32 Å². The van der Waals surface area contributed by atoms with Crippen LogP contribution in [-0.4, -0.2) is 17.6 Å². The van der Waals surface area contributed by atoms with Gasteiger partial charge in [-0.25, -0.2) is 4.39 Å². The molecule has 1 aromatic rings. The lowest BCUT2D eigenvalue weighted by molar-refractivity contribution is -0.163. The molecule has 1 aromatic carbocycles. The molecular weight excluding hydrogens is 264 g/mol. The van der Waals surface area contributed by atoms with Crippen LogP contribution < -0.4 is 11.1 Å². The summed E-state index contributed by atoms with van der Waals surface area (Å²) >= 11 is 0. The second kappa shape index (κ2) is 4.11. The Kier molecular flexibility index (Phi) is 2.95. The summed E-state index contributed by atoms with van der Waals surface area (Å²) in [4.78, 5) is 11.7. The van der Waals surface area contributed by atoms with E-state index in [1.54, 1.807) is 0 Å². The zero-order valence-electron chi connectivity index (χ0n) is 10.1. The van der Waals surface area contributed by atoms with Crippen LogP contribution in [0.25, 0.3) is 0 Å². The summed E-state index contributed by atoms with van der Waals surface area (Å²) in [6, 6.07) is 2.05. The van der Waals surface area contributed by atoms with Crippen molar-refractivity contribution in [1.82, 2.24) is 5.32 Å². The summed E-state index contributed by atoms with van der Waals surface area (Å²) in [5.41, 5.74) is 3.29. The summed E-state index contributed by atoms with van der Waals surface area (Å²) in [5.74, 6) is -1.69. The topological polar surface area (TPSA) is 55.1 Å². The molecule has 1 aliphatic rings. The van der Waals surface area contributed by atoms with Crippen LogP contribution in [0.1, 0.15) is 28.8 Å². The van der Waals surface area contributed by atoms with Crippen molar-refractivity contribution in [2.24, 2.45) is 0 Å². The van der Waals surface area contributed by atoms with Gasteiger partial charge in [0.05, 0.1) is 0 Å². The molecule has 3 nitrogen and oxygen atoms in total. The highest BCUT2D eigenvalue weighted by atomic mass is 19.4. The Morgan fingerprint density at radius 3 is 2.37 bits per heavy atom. The van der Waals surface area contributed by atoms with Gasteiger partial charge in [-0.1, -0.05) is 0 Å². The van der Waals surface area contributed by atoms with Gasteiger partial charge < -0.3 is 11.1 Å². The Labute approximate surface area is 106 Å². The zero-order valence-corrected chi connectivity index (χ0v) is 10.1. The lowest BCUT2D eigenvalue weighted by atomic mass is 10.1. The van der Waals surface area contributed by atoms with Crippen molar-refractivity contribution >= 4 is 11.6 Å². The Hall–Kier alpha value is -1.79. The largest absolute Gasteiger partial charge is 0.411 e. The molecule has 0 heterocycles. The first-order valence-corrected chi connectivity index (χ1v) is 5.61. The fourth-order valence-corrected chi connectivity index (χ4v) is 1.73. The molecule has 104 valence electrons. The number of carbonyl (C=O) groups excluding carboxylic acids is 1. The summed E-state index contributed by atoms with van der Waals surface area (Å²) in [7, 11) is 0. The predicted octanol–water partition coefficient (Wildman–Crippen LogP) is 2.54. The van der Waals surface area contributed by atoms with Gasteiger partial charge in [0, 0.05) is 16.8 Å². The molecule has 0 spiro atoms. The van der Waals surface area contributed by atoms with Gasteiger partial charge in [-0.15, -0.1) is 0 Å². The second-order valence-electron chi connectivity index (χ2n) is 4.71. The highest BCUT2D eigenvalue weighted by molar-refractivity contribution is 5.96. The molecule has 0 saturated heterocycles. The predicted molar refractivity (Wildman–Crippen MR) is 61.0 cm³/mol. The van der Waals surface area contributed by atoms with E-state index in [0.29, 0.717) is 0 Å². The minimum atomic E-state index is -4.50. The third-order valence-corrected chi connectivity index (χ3v) is 3.29. The molecule has 19 heavy (non-hydrogen) atoms. The average molecular weight is 276 g/mol. The second-order valence-corrected chi connectivity index (χ2v) is 4.71. The maximum absolute atomic E-state index is 13.4. The monoisotopic (exact) mass is 276 g/mol. The van der Waals surface area contributed by atoms with Gasteiger partial charge in [0.1, 0.15) is 11.4 Å². The lowest BCUT2D eigenvalue weighted by Gasteiger charge is -2.20. The number of halogens is 4. The number of nitrogen functional groups attached to an aromatic ring is 1. The van der Waals surface area contributed by atoms with Gasteiger partial charge in [0.15, 0.2) is 0 Å². The van der Waals surface area contributed by atoms with E-state index >= 15 is 0 Å². The SMILES string of the molecule is Cc1c(N)cc(C(=O)NC2(C(F)(F)F)CC2)cc1F. The maximum atomic E-state index is 13.4. The number of carbonyl (C=O) groups is 1. The first-order chi connectivity index (χ1) is 8.66. The fourth-order valence-electron chi connectivity index (χ4n) is 1.73. The molecule has 2 rings (SSSR count). The first-order valence-electron chi connectivity index (χ1n) is 5.61. The van der Waals surface area contributed by atoms with Crippen LogP contribution in [0.3, 0.4) is 0 Å². The summed E-state index contributed by atoms with van der Waals surface area (Å²) in [5, 5.41) is 1.91. The molecule has 3 N–H and O–H groups in total. The molecule has 1 aliphatic carbocycles. The van der Waals surface area contributed by atoms with Crippen LogP contribution >= 0.6 is 0 Å². The van der Waals surface area contributed by atoms with Gasteiger partial charge in [-0.2, -0.15) is 13.2 Å². The van der Waals surface area contributed by atoms with Crippen molar-refractivity contribution in [1.29, 1.82) is 0 Å². The first kappa shape index (κ1) is 13.6. The van der Waals surface area contributed by atoms with Gasteiger partial charge in [-0.3, -0.25) is 4.79 Å². The Balaban J connectivity index is 2.22. The smallest absolute Gasteiger partial charge is 0.398 e. The van der Waals surface area contributed by atoms with Crippen LogP contribution in [0.15, 0.2) is 12.1 Å². The molecule has 0 radical (unpaired) electrons.